The minimum atomic E-state index is 0.0969. The third-order valence-electron chi connectivity index (χ3n) is 7.30. The normalized spacial score (nSPS) is 17.9. The lowest BCUT2D eigenvalue weighted by Crippen LogP contribution is -2.37. The maximum atomic E-state index is 13.8. The molecular formula is C31H41N3O2. The average molecular weight is 488 g/mol. The zero-order chi connectivity index (χ0) is 25.3. The summed E-state index contributed by atoms with van der Waals surface area (Å²) in [6, 6.07) is 22.5. The molecule has 1 aliphatic carbocycles. The quantitative estimate of drug-likeness (QED) is 0.359. The Hall–Kier alpha value is -2.89. The Morgan fingerprint density at radius 1 is 0.972 bits per heavy atom. The second-order valence-electron chi connectivity index (χ2n) is 10.5. The third kappa shape index (κ3) is 7.31. The van der Waals surface area contributed by atoms with E-state index < -0.39 is 0 Å². The Morgan fingerprint density at radius 2 is 1.72 bits per heavy atom. The van der Waals surface area contributed by atoms with Crippen molar-refractivity contribution in [3.63, 3.8) is 0 Å². The van der Waals surface area contributed by atoms with Crippen molar-refractivity contribution in [2.75, 3.05) is 40.3 Å². The number of benzene rings is 3. The summed E-state index contributed by atoms with van der Waals surface area (Å²) >= 11 is 0. The maximum Gasteiger partial charge on any atom is 0.254 e. The molecule has 1 aliphatic rings. The Balaban J connectivity index is 1.48. The van der Waals surface area contributed by atoms with E-state index in [1.54, 1.807) is 0 Å². The Labute approximate surface area is 216 Å². The number of carbonyl (C=O) groups excluding carboxylic acids is 1. The van der Waals surface area contributed by atoms with Gasteiger partial charge in [0.25, 0.3) is 5.91 Å². The van der Waals surface area contributed by atoms with E-state index in [4.69, 9.17) is 10.5 Å². The summed E-state index contributed by atoms with van der Waals surface area (Å²) in [5.41, 5.74) is 7.87. The zero-order valence-electron chi connectivity index (χ0n) is 21.9. The van der Waals surface area contributed by atoms with Crippen molar-refractivity contribution in [2.24, 2.45) is 17.6 Å². The minimum absolute atomic E-state index is 0.0969. The van der Waals surface area contributed by atoms with Gasteiger partial charge in [-0.3, -0.25) is 4.79 Å². The fourth-order valence-corrected chi connectivity index (χ4v) is 5.30. The van der Waals surface area contributed by atoms with Crippen LogP contribution in [0.2, 0.25) is 0 Å². The summed E-state index contributed by atoms with van der Waals surface area (Å²) < 4.78 is 5.90. The van der Waals surface area contributed by atoms with Gasteiger partial charge in [0.1, 0.15) is 5.75 Å². The van der Waals surface area contributed by atoms with Crippen LogP contribution < -0.4 is 10.5 Å². The van der Waals surface area contributed by atoms with Crippen LogP contribution in [0.5, 0.6) is 5.75 Å². The first kappa shape index (κ1) is 26.2. The lowest BCUT2D eigenvalue weighted by Gasteiger charge is -2.33. The SMILES string of the molecule is CN(C)CCCOc1ccc(CN(CC2CCCC(CN)C2)C(=O)c2ccc3ccccc3c2)cc1. The van der Waals surface area contributed by atoms with E-state index in [-0.39, 0.29) is 5.91 Å². The Bertz CT molecular complexity index is 1110. The molecule has 2 unspecified atom stereocenters. The number of nitrogens with zero attached hydrogens (tertiary/aromatic N) is 2. The predicted octanol–water partition coefficient (Wildman–Crippen LogP) is 5.58. The highest BCUT2D eigenvalue weighted by atomic mass is 16.5. The van der Waals surface area contributed by atoms with E-state index in [1.807, 2.05) is 47.4 Å². The summed E-state index contributed by atoms with van der Waals surface area (Å²) in [5.74, 6) is 2.05. The van der Waals surface area contributed by atoms with E-state index in [0.29, 0.717) is 25.0 Å². The largest absolute Gasteiger partial charge is 0.494 e. The molecule has 4 rings (SSSR count). The van der Waals surface area contributed by atoms with Gasteiger partial charge in [-0.2, -0.15) is 0 Å². The molecule has 0 radical (unpaired) electrons. The average Bonchev–Trinajstić information content (AvgIpc) is 2.91. The van der Waals surface area contributed by atoms with Gasteiger partial charge in [0, 0.05) is 25.2 Å². The molecule has 2 N–H and O–H groups in total. The van der Waals surface area contributed by atoms with Crippen LogP contribution in [0.1, 0.15) is 48.0 Å². The topological polar surface area (TPSA) is 58.8 Å². The van der Waals surface area contributed by atoms with Crippen LogP contribution in [0.3, 0.4) is 0 Å². The molecule has 1 saturated carbocycles. The van der Waals surface area contributed by atoms with Crippen molar-refractivity contribution < 1.29 is 9.53 Å². The number of fused-ring (bicyclic) bond motifs is 1. The second kappa shape index (κ2) is 12.9. The molecule has 5 nitrogen and oxygen atoms in total. The fourth-order valence-electron chi connectivity index (χ4n) is 5.30. The monoisotopic (exact) mass is 487 g/mol. The van der Waals surface area contributed by atoms with Crippen LogP contribution in [-0.2, 0) is 6.54 Å². The molecule has 192 valence electrons. The van der Waals surface area contributed by atoms with Crippen LogP contribution in [0.25, 0.3) is 10.8 Å². The van der Waals surface area contributed by atoms with Crippen LogP contribution in [0.15, 0.2) is 66.7 Å². The molecule has 0 spiro atoms. The van der Waals surface area contributed by atoms with Gasteiger partial charge in [-0.25, -0.2) is 0 Å². The fraction of sp³-hybridized carbons (Fsp3) is 0.452. The maximum absolute atomic E-state index is 13.8. The summed E-state index contributed by atoms with van der Waals surface area (Å²) in [6.07, 6.45) is 5.68. The number of rotatable bonds is 11. The van der Waals surface area contributed by atoms with Crippen molar-refractivity contribution >= 4 is 16.7 Å². The van der Waals surface area contributed by atoms with E-state index in [1.165, 1.54) is 12.8 Å². The molecule has 36 heavy (non-hydrogen) atoms. The molecular weight excluding hydrogens is 446 g/mol. The lowest BCUT2D eigenvalue weighted by atomic mass is 9.81. The number of hydrogen-bond donors (Lipinski definition) is 1. The number of ether oxygens (including phenoxy) is 1. The van der Waals surface area contributed by atoms with Gasteiger partial charge in [0.15, 0.2) is 0 Å². The van der Waals surface area contributed by atoms with Gasteiger partial charge in [-0.05, 0) is 98.8 Å². The molecule has 1 amide bonds. The molecule has 2 atom stereocenters. The second-order valence-corrected chi connectivity index (χ2v) is 10.5. The number of nitrogens with two attached hydrogens (primary N) is 1. The van der Waals surface area contributed by atoms with Gasteiger partial charge in [-0.15, -0.1) is 0 Å². The standard InChI is InChI=1S/C31H41N3O2/c1-33(2)17-6-18-36-30-15-11-24(12-16-30)22-34(23-26-8-5-7-25(19-26)21-32)31(35)29-14-13-27-9-3-4-10-28(27)20-29/h3-4,9-16,20,25-26H,5-8,17-19,21-23,32H2,1-2H3. The van der Waals surface area contributed by atoms with E-state index in [9.17, 15) is 4.79 Å². The molecule has 0 heterocycles. The Morgan fingerprint density at radius 3 is 2.47 bits per heavy atom. The van der Waals surface area contributed by atoms with Gasteiger partial charge in [-0.1, -0.05) is 48.9 Å². The number of carbonyl (C=O) groups is 1. The van der Waals surface area contributed by atoms with Crippen LogP contribution in [-0.4, -0.2) is 56.0 Å². The van der Waals surface area contributed by atoms with E-state index >= 15 is 0 Å². The summed E-state index contributed by atoms with van der Waals surface area (Å²) in [7, 11) is 4.15. The molecule has 0 saturated heterocycles. The van der Waals surface area contributed by atoms with Crippen molar-refractivity contribution in [1.82, 2.24) is 9.80 Å². The first-order valence-corrected chi connectivity index (χ1v) is 13.4. The highest BCUT2D eigenvalue weighted by Crippen LogP contribution is 2.30. The molecule has 0 aromatic heterocycles. The summed E-state index contributed by atoms with van der Waals surface area (Å²) in [4.78, 5) is 18.0. The van der Waals surface area contributed by atoms with Crippen molar-refractivity contribution in [2.45, 2.75) is 38.6 Å². The van der Waals surface area contributed by atoms with Gasteiger partial charge in [0.2, 0.25) is 0 Å². The minimum Gasteiger partial charge on any atom is -0.494 e. The van der Waals surface area contributed by atoms with E-state index in [2.05, 4.69) is 43.3 Å². The molecule has 3 aromatic carbocycles. The molecule has 5 heteroatoms. The lowest BCUT2D eigenvalue weighted by molar-refractivity contribution is 0.0687. The van der Waals surface area contributed by atoms with Crippen molar-refractivity contribution in [3.8, 4) is 5.75 Å². The number of hydrogen-bond acceptors (Lipinski definition) is 4. The summed E-state index contributed by atoms with van der Waals surface area (Å²) in [5, 5.41) is 2.25. The first-order valence-electron chi connectivity index (χ1n) is 13.4. The molecule has 1 fully saturated rings. The molecule has 0 bridgehead atoms. The third-order valence-corrected chi connectivity index (χ3v) is 7.30. The van der Waals surface area contributed by atoms with Crippen molar-refractivity contribution in [1.29, 1.82) is 0 Å². The van der Waals surface area contributed by atoms with Crippen LogP contribution in [0.4, 0.5) is 0 Å². The van der Waals surface area contributed by atoms with Gasteiger partial charge < -0.3 is 20.3 Å². The van der Waals surface area contributed by atoms with Crippen molar-refractivity contribution in [3.05, 3.63) is 77.9 Å². The highest BCUT2D eigenvalue weighted by molar-refractivity contribution is 5.98. The smallest absolute Gasteiger partial charge is 0.254 e. The molecule has 0 aliphatic heterocycles. The van der Waals surface area contributed by atoms with Gasteiger partial charge >= 0.3 is 0 Å². The summed E-state index contributed by atoms with van der Waals surface area (Å²) in [6.45, 7) is 3.82. The highest BCUT2D eigenvalue weighted by Gasteiger charge is 2.26. The zero-order valence-corrected chi connectivity index (χ0v) is 21.9. The Kier molecular flexibility index (Phi) is 9.37. The number of amides is 1. The predicted molar refractivity (Wildman–Crippen MR) is 148 cm³/mol. The first-order chi connectivity index (χ1) is 17.5. The van der Waals surface area contributed by atoms with E-state index in [0.717, 1.165) is 66.5 Å². The molecule has 3 aromatic rings. The van der Waals surface area contributed by atoms with Crippen LogP contribution >= 0.6 is 0 Å². The van der Waals surface area contributed by atoms with Gasteiger partial charge in [0.05, 0.1) is 6.61 Å². The van der Waals surface area contributed by atoms with Crippen LogP contribution in [0, 0.1) is 11.8 Å².